The minimum atomic E-state index is -0.447. The average Bonchev–Trinajstić information content (AvgIpc) is 2.33. The topological polar surface area (TPSA) is 84.6 Å². The number of hydrogen-bond donors (Lipinski definition) is 1. The standard InChI is InChI=1S/C10H9BrClN5/c11-8-5-7(1-2-9(8)12)10(6-13)15-3-4-16-17-14/h1-2,5,10,15H,3-4H2. The summed E-state index contributed by atoms with van der Waals surface area (Å²) in [4.78, 5) is 2.63. The van der Waals surface area contributed by atoms with Gasteiger partial charge in [-0.3, -0.25) is 5.32 Å². The largest absolute Gasteiger partial charge is 0.298 e. The SMILES string of the molecule is N#CC(NCCN=[N+]=[N-])c1ccc(Cl)c(Br)c1. The Balaban J connectivity index is 2.70. The van der Waals surface area contributed by atoms with Crippen molar-refractivity contribution in [3.8, 4) is 6.07 Å². The summed E-state index contributed by atoms with van der Waals surface area (Å²) in [6.45, 7) is 0.756. The second-order valence-electron chi connectivity index (χ2n) is 3.14. The third-order valence-electron chi connectivity index (χ3n) is 2.03. The van der Waals surface area contributed by atoms with Crippen molar-refractivity contribution in [3.63, 3.8) is 0 Å². The number of benzene rings is 1. The van der Waals surface area contributed by atoms with Gasteiger partial charge in [0.15, 0.2) is 0 Å². The highest BCUT2D eigenvalue weighted by Gasteiger charge is 2.10. The smallest absolute Gasteiger partial charge is 0.121 e. The van der Waals surface area contributed by atoms with E-state index in [2.05, 4.69) is 37.3 Å². The van der Waals surface area contributed by atoms with E-state index in [0.717, 1.165) is 10.0 Å². The zero-order valence-electron chi connectivity index (χ0n) is 8.77. The van der Waals surface area contributed by atoms with Crippen molar-refractivity contribution in [2.24, 2.45) is 5.11 Å². The molecule has 0 radical (unpaired) electrons. The molecule has 0 saturated heterocycles. The predicted octanol–water partition coefficient (Wildman–Crippen LogP) is 3.57. The van der Waals surface area contributed by atoms with Crippen molar-refractivity contribution < 1.29 is 0 Å². The van der Waals surface area contributed by atoms with Gasteiger partial charge in [0.1, 0.15) is 6.04 Å². The maximum absolute atomic E-state index is 9.03. The van der Waals surface area contributed by atoms with Crippen LogP contribution < -0.4 is 5.32 Å². The maximum atomic E-state index is 9.03. The van der Waals surface area contributed by atoms with Gasteiger partial charge in [-0.25, -0.2) is 0 Å². The van der Waals surface area contributed by atoms with Gasteiger partial charge < -0.3 is 0 Å². The van der Waals surface area contributed by atoms with E-state index in [0.29, 0.717) is 18.1 Å². The lowest BCUT2D eigenvalue weighted by Gasteiger charge is -2.11. The summed E-state index contributed by atoms with van der Waals surface area (Å²) in [5.41, 5.74) is 8.93. The van der Waals surface area contributed by atoms with E-state index >= 15 is 0 Å². The summed E-state index contributed by atoms with van der Waals surface area (Å²) in [7, 11) is 0. The number of azide groups is 1. The Labute approximate surface area is 112 Å². The minimum Gasteiger partial charge on any atom is -0.298 e. The fraction of sp³-hybridized carbons (Fsp3) is 0.300. The average molecular weight is 315 g/mol. The number of nitriles is 1. The third kappa shape index (κ3) is 4.25. The van der Waals surface area contributed by atoms with Crippen LogP contribution in [0.4, 0.5) is 0 Å². The molecule has 0 aliphatic carbocycles. The van der Waals surface area contributed by atoms with Crippen LogP contribution in [0.15, 0.2) is 27.8 Å². The van der Waals surface area contributed by atoms with E-state index in [1.807, 2.05) is 0 Å². The van der Waals surface area contributed by atoms with E-state index in [1.54, 1.807) is 18.2 Å². The molecule has 1 rings (SSSR count). The Kier molecular flexibility index (Phi) is 5.81. The van der Waals surface area contributed by atoms with Gasteiger partial charge in [0, 0.05) is 22.5 Å². The molecule has 0 fully saturated rings. The van der Waals surface area contributed by atoms with Gasteiger partial charge in [-0.15, -0.1) is 0 Å². The molecule has 0 amide bonds. The monoisotopic (exact) mass is 313 g/mol. The molecule has 1 atom stereocenters. The first-order valence-electron chi connectivity index (χ1n) is 4.78. The van der Waals surface area contributed by atoms with Gasteiger partial charge in [-0.1, -0.05) is 22.8 Å². The lowest BCUT2D eigenvalue weighted by Crippen LogP contribution is -2.22. The summed E-state index contributed by atoms with van der Waals surface area (Å²) in [5.74, 6) is 0. The van der Waals surface area contributed by atoms with E-state index < -0.39 is 6.04 Å². The van der Waals surface area contributed by atoms with E-state index in [4.69, 9.17) is 22.4 Å². The molecule has 0 saturated carbocycles. The lowest BCUT2D eigenvalue weighted by atomic mass is 10.1. The predicted molar refractivity (Wildman–Crippen MR) is 69.5 cm³/mol. The normalized spacial score (nSPS) is 11.4. The molecule has 1 aromatic rings. The van der Waals surface area contributed by atoms with Crippen LogP contribution in [-0.2, 0) is 0 Å². The number of hydrogen-bond acceptors (Lipinski definition) is 3. The Morgan fingerprint density at radius 3 is 3.00 bits per heavy atom. The number of rotatable bonds is 5. The van der Waals surface area contributed by atoms with Crippen LogP contribution in [0.1, 0.15) is 11.6 Å². The molecule has 0 heterocycles. The van der Waals surface area contributed by atoms with Gasteiger partial charge in [0.25, 0.3) is 0 Å². The first kappa shape index (κ1) is 13.8. The van der Waals surface area contributed by atoms with E-state index in [1.165, 1.54) is 0 Å². The van der Waals surface area contributed by atoms with Gasteiger partial charge in [0.05, 0.1) is 11.1 Å². The van der Waals surface area contributed by atoms with E-state index in [-0.39, 0.29) is 0 Å². The summed E-state index contributed by atoms with van der Waals surface area (Å²) in [6, 6.07) is 6.98. The summed E-state index contributed by atoms with van der Waals surface area (Å²) in [6.07, 6.45) is 0. The van der Waals surface area contributed by atoms with Crippen LogP contribution >= 0.6 is 27.5 Å². The first-order chi connectivity index (χ1) is 8.19. The molecule has 88 valence electrons. The van der Waals surface area contributed by atoms with Crippen LogP contribution in [0.3, 0.4) is 0 Å². The summed E-state index contributed by atoms with van der Waals surface area (Å²) >= 11 is 9.17. The molecule has 17 heavy (non-hydrogen) atoms. The second kappa shape index (κ2) is 7.15. The van der Waals surface area contributed by atoms with Crippen molar-refractivity contribution >= 4 is 27.5 Å². The molecule has 1 N–H and O–H groups in total. The van der Waals surface area contributed by atoms with Crippen molar-refractivity contribution in [2.45, 2.75) is 6.04 Å². The number of nitrogens with zero attached hydrogens (tertiary/aromatic N) is 4. The van der Waals surface area contributed by atoms with Crippen molar-refractivity contribution in [1.82, 2.24) is 5.32 Å². The van der Waals surface area contributed by atoms with Gasteiger partial charge in [0.2, 0.25) is 0 Å². The molecule has 5 nitrogen and oxygen atoms in total. The molecule has 0 bridgehead atoms. The van der Waals surface area contributed by atoms with Crippen LogP contribution in [0.5, 0.6) is 0 Å². The Morgan fingerprint density at radius 2 is 2.41 bits per heavy atom. The highest BCUT2D eigenvalue weighted by atomic mass is 79.9. The fourth-order valence-electron chi connectivity index (χ4n) is 1.23. The van der Waals surface area contributed by atoms with Crippen LogP contribution in [0.25, 0.3) is 10.4 Å². The van der Waals surface area contributed by atoms with Crippen LogP contribution in [0.2, 0.25) is 5.02 Å². The lowest BCUT2D eigenvalue weighted by molar-refractivity contribution is 0.635. The second-order valence-corrected chi connectivity index (χ2v) is 4.41. The van der Waals surface area contributed by atoms with E-state index in [9.17, 15) is 0 Å². The molecular formula is C10H9BrClN5. The highest BCUT2D eigenvalue weighted by molar-refractivity contribution is 9.10. The summed E-state index contributed by atoms with van der Waals surface area (Å²) in [5, 5.41) is 16.0. The molecule has 0 aliphatic heterocycles. The fourth-order valence-corrected chi connectivity index (χ4v) is 1.75. The van der Waals surface area contributed by atoms with Crippen molar-refractivity contribution in [3.05, 3.63) is 43.7 Å². The van der Waals surface area contributed by atoms with Gasteiger partial charge in [-0.05, 0) is 39.2 Å². The first-order valence-corrected chi connectivity index (χ1v) is 5.95. The quantitative estimate of drug-likeness (QED) is 0.390. The molecule has 0 spiro atoms. The maximum Gasteiger partial charge on any atom is 0.121 e. The molecule has 0 aromatic heterocycles. The minimum absolute atomic E-state index is 0.309. The molecular weight excluding hydrogens is 306 g/mol. The molecule has 1 aromatic carbocycles. The van der Waals surface area contributed by atoms with Gasteiger partial charge >= 0.3 is 0 Å². The van der Waals surface area contributed by atoms with Crippen LogP contribution in [-0.4, -0.2) is 13.1 Å². The van der Waals surface area contributed by atoms with Crippen molar-refractivity contribution in [2.75, 3.05) is 13.1 Å². The Morgan fingerprint density at radius 1 is 1.65 bits per heavy atom. The number of nitrogens with one attached hydrogen (secondary N) is 1. The molecule has 1 unspecified atom stereocenters. The van der Waals surface area contributed by atoms with Gasteiger partial charge in [-0.2, -0.15) is 5.26 Å². The van der Waals surface area contributed by atoms with Crippen LogP contribution in [0, 0.1) is 11.3 Å². The summed E-state index contributed by atoms with van der Waals surface area (Å²) < 4.78 is 0.744. The highest BCUT2D eigenvalue weighted by Crippen LogP contribution is 2.25. The Hall–Kier alpha value is -1.25. The zero-order valence-corrected chi connectivity index (χ0v) is 11.1. The third-order valence-corrected chi connectivity index (χ3v) is 3.24. The zero-order chi connectivity index (χ0) is 12.7. The Bertz CT molecular complexity index is 478. The molecule has 7 heteroatoms. The van der Waals surface area contributed by atoms with Crippen molar-refractivity contribution in [1.29, 1.82) is 5.26 Å². The molecule has 0 aliphatic rings. The number of halogens is 2.